The number of rotatable bonds is 0. The number of hydrogen-bond donors (Lipinski definition) is 0. The Morgan fingerprint density at radius 3 is 0.267 bits per heavy atom. The first kappa shape index (κ1) is 368. The van der Waals surface area contributed by atoms with Crippen LogP contribution in [-0.2, 0) is 118 Å². The molecule has 0 aromatic rings. The fourth-order valence-electron chi connectivity index (χ4n) is 0. The Labute approximate surface area is 186 Å². The molecule has 15 heavy (non-hydrogen) atoms. The molecule has 0 spiro atoms. The van der Waals surface area contributed by atoms with E-state index < -0.39 is 0 Å². The predicted molar refractivity (Wildman–Crippen MR) is 6.18 cm³/mol. The van der Waals surface area contributed by atoms with Crippen LogP contribution in [-0.4, -0.2) is 0 Å². The molecular formula is Cr2Fe2La2O9. The van der Waals surface area contributed by atoms with Crippen LogP contribution in [0.3, 0.4) is 0 Å². The molecule has 0 aliphatic rings. The van der Waals surface area contributed by atoms with E-state index in [9.17, 15) is 0 Å². The second-order valence-corrected chi connectivity index (χ2v) is 0. The molecular weight excluding hydrogens is 637 g/mol. The van der Waals surface area contributed by atoms with E-state index in [0.717, 1.165) is 0 Å². The average molecular weight is 637 g/mol. The summed E-state index contributed by atoms with van der Waals surface area (Å²) in [6.45, 7) is 0. The summed E-state index contributed by atoms with van der Waals surface area (Å²) in [6.07, 6.45) is 0. The van der Waals surface area contributed by atoms with Gasteiger partial charge in [-0.05, 0) is 0 Å². The van der Waals surface area contributed by atoms with Gasteiger partial charge in [0.1, 0.15) is 0 Å². The molecule has 4 radical (unpaired) electrons. The van der Waals surface area contributed by atoms with Crippen molar-refractivity contribution in [2.45, 2.75) is 0 Å². The van der Waals surface area contributed by atoms with Gasteiger partial charge in [0.25, 0.3) is 0 Å². The molecule has 0 aliphatic heterocycles. The first-order valence-corrected chi connectivity index (χ1v) is 0. The normalized spacial score (nSPS) is 0. The molecule has 15 heteroatoms. The zero-order valence-electron chi connectivity index (χ0n) is 6.35. The van der Waals surface area contributed by atoms with E-state index in [0.29, 0.717) is 0 Å². The summed E-state index contributed by atoms with van der Waals surface area (Å²) in [5.41, 5.74) is 0. The van der Waals surface area contributed by atoms with Crippen LogP contribution in [0.15, 0.2) is 0 Å². The third-order valence-electron chi connectivity index (χ3n) is 0. The standard InChI is InChI=1S/2Cr.2Fe.2La.9O/q6*+3;9*-2. The molecule has 0 atom stereocenters. The first-order chi connectivity index (χ1) is 0. The van der Waals surface area contributed by atoms with Crippen LogP contribution in [0.1, 0.15) is 0 Å². The molecule has 0 aromatic heterocycles. The van der Waals surface area contributed by atoms with Crippen molar-refractivity contribution in [3.63, 3.8) is 0 Å². The molecule has 0 bridgehead atoms. The van der Waals surface area contributed by atoms with Gasteiger partial charge in [-0.25, -0.2) is 0 Å². The Bertz CT molecular complexity index is 24.1. The van der Waals surface area contributed by atoms with E-state index in [1.165, 1.54) is 0 Å². The third kappa shape index (κ3) is 276. The predicted octanol–water partition coefficient (Wildman–Crippen LogP) is -1.08. The summed E-state index contributed by atoms with van der Waals surface area (Å²) >= 11 is 0. The van der Waals surface area contributed by atoms with E-state index in [-0.39, 0.29) is 189 Å². The monoisotopic (exact) mass is 638 g/mol. The molecule has 9 nitrogen and oxygen atoms in total. The summed E-state index contributed by atoms with van der Waals surface area (Å²) in [5.74, 6) is 0. The minimum atomic E-state index is 0. The number of hydrogen-bond acceptors (Lipinski definition) is 0. The van der Waals surface area contributed by atoms with Gasteiger partial charge in [0, 0.05) is 0 Å². The van der Waals surface area contributed by atoms with Crippen molar-refractivity contribution in [1.82, 2.24) is 0 Å². The fraction of sp³-hybridized carbons (Fsp3) is 0. The van der Waals surface area contributed by atoms with Gasteiger partial charge >= 0.3 is 140 Å². The quantitative estimate of drug-likeness (QED) is 0.287. The van der Waals surface area contributed by atoms with E-state index >= 15 is 0 Å². The average Bonchev–Trinajstić information content (AvgIpc) is 0. The van der Waals surface area contributed by atoms with Gasteiger partial charge in [-0.15, -0.1) is 0 Å². The third-order valence-corrected chi connectivity index (χ3v) is 0. The minimum absolute atomic E-state index is 0. The molecule has 0 fully saturated rings. The van der Waals surface area contributed by atoms with Crippen molar-refractivity contribution < 1.29 is 189 Å². The van der Waals surface area contributed by atoms with Crippen LogP contribution in [0.25, 0.3) is 0 Å². The van der Waals surface area contributed by atoms with E-state index in [2.05, 4.69) is 0 Å². The van der Waals surface area contributed by atoms with Gasteiger partial charge < -0.3 is 49.3 Å². The zero-order valence-corrected chi connectivity index (χ0v) is 18.4. The smallest absolute Gasteiger partial charge is 2.00 e. The van der Waals surface area contributed by atoms with Gasteiger partial charge in [0.15, 0.2) is 0 Å². The van der Waals surface area contributed by atoms with Crippen molar-refractivity contribution in [3.05, 3.63) is 0 Å². The van der Waals surface area contributed by atoms with Crippen LogP contribution in [0, 0.1) is 71.2 Å². The summed E-state index contributed by atoms with van der Waals surface area (Å²) in [7, 11) is 0. The minimum Gasteiger partial charge on any atom is -2.00 e. The van der Waals surface area contributed by atoms with Crippen molar-refractivity contribution in [2.75, 3.05) is 0 Å². The summed E-state index contributed by atoms with van der Waals surface area (Å²) in [6, 6.07) is 0. The van der Waals surface area contributed by atoms with Crippen molar-refractivity contribution in [2.24, 2.45) is 0 Å². The Hall–Kier alpha value is 4.13. The molecule has 0 N–H and O–H groups in total. The van der Waals surface area contributed by atoms with Gasteiger partial charge in [0.2, 0.25) is 0 Å². The summed E-state index contributed by atoms with van der Waals surface area (Å²) < 4.78 is 0. The molecule has 0 unspecified atom stereocenters. The molecule has 0 amide bonds. The van der Waals surface area contributed by atoms with Crippen molar-refractivity contribution in [3.8, 4) is 0 Å². The molecule has 0 aliphatic carbocycles. The molecule has 0 saturated heterocycles. The topological polar surface area (TPSA) is 256 Å². The zero-order chi connectivity index (χ0) is 0. The second-order valence-electron chi connectivity index (χ2n) is 0. The van der Waals surface area contributed by atoms with Crippen molar-refractivity contribution >= 4 is 0 Å². The Morgan fingerprint density at radius 1 is 0.267 bits per heavy atom. The van der Waals surface area contributed by atoms with Crippen molar-refractivity contribution in [1.29, 1.82) is 0 Å². The summed E-state index contributed by atoms with van der Waals surface area (Å²) in [5, 5.41) is 0. The molecule has 0 heterocycles. The van der Waals surface area contributed by atoms with Gasteiger partial charge in [-0.3, -0.25) is 0 Å². The van der Waals surface area contributed by atoms with Gasteiger partial charge in [-0.1, -0.05) is 0 Å². The van der Waals surface area contributed by atoms with Crippen LogP contribution in [0.4, 0.5) is 0 Å². The maximum absolute atomic E-state index is 0. The molecule has 0 aromatic carbocycles. The molecule has 88 valence electrons. The van der Waals surface area contributed by atoms with Crippen LogP contribution >= 0.6 is 0 Å². The maximum atomic E-state index is 0. The Morgan fingerprint density at radius 2 is 0.267 bits per heavy atom. The maximum Gasteiger partial charge on any atom is 3.00 e. The van der Waals surface area contributed by atoms with Crippen LogP contribution in [0.2, 0.25) is 0 Å². The van der Waals surface area contributed by atoms with Gasteiger partial charge in [-0.2, -0.15) is 0 Å². The second kappa shape index (κ2) is 312. The largest absolute Gasteiger partial charge is 3.00 e. The van der Waals surface area contributed by atoms with Crippen LogP contribution < -0.4 is 0 Å². The van der Waals surface area contributed by atoms with Gasteiger partial charge in [0.05, 0.1) is 0 Å². The molecule has 0 saturated carbocycles. The van der Waals surface area contributed by atoms with E-state index in [4.69, 9.17) is 0 Å². The van der Waals surface area contributed by atoms with E-state index in [1.807, 2.05) is 0 Å². The SMILES string of the molecule is [Cr+3].[Cr+3].[Fe+3].[Fe+3].[La+3].[La+3].[O-2].[O-2].[O-2].[O-2].[O-2].[O-2].[O-2].[O-2].[O-2]. The molecule has 0 rings (SSSR count). The first-order valence-electron chi connectivity index (χ1n) is 0. The fourth-order valence-corrected chi connectivity index (χ4v) is 0. The Kier molecular flexibility index (Phi) is 7650. The Balaban J connectivity index is 0. The van der Waals surface area contributed by atoms with E-state index in [1.54, 1.807) is 0 Å². The summed E-state index contributed by atoms with van der Waals surface area (Å²) in [4.78, 5) is 0. The van der Waals surface area contributed by atoms with Crippen LogP contribution in [0.5, 0.6) is 0 Å².